The average molecular weight is 446 g/mol. The maximum Gasteiger partial charge on any atom is 0.354 e. The van der Waals surface area contributed by atoms with Crippen molar-refractivity contribution < 1.29 is 13.7 Å². The largest absolute Gasteiger partial charge is 0.476 e. The van der Waals surface area contributed by atoms with Gasteiger partial charge in [-0.15, -0.1) is 4.36 Å². The van der Waals surface area contributed by atoms with Crippen LogP contribution in [-0.2, 0) is 35.7 Å². The summed E-state index contributed by atoms with van der Waals surface area (Å²) in [4.78, 5) is 17.8. The second-order valence-corrected chi connectivity index (χ2v) is 10.3. The van der Waals surface area contributed by atoms with Crippen molar-refractivity contribution in [3.05, 3.63) is 28.7 Å². The van der Waals surface area contributed by atoms with E-state index in [9.17, 15) is 9.00 Å². The molecule has 1 aliphatic heterocycles. The van der Waals surface area contributed by atoms with E-state index in [0.29, 0.717) is 25.6 Å². The van der Waals surface area contributed by atoms with Crippen LogP contribution in [0, 0.1) is 5.92 Å². The zero-order chi connectivity index (χ0) is 21.8. The van der Waals surface area contributed by atoms with Gasteiger partial charge in [0.1, 0.15) is 4.90 Å². The molecule has 3 heterocycles. The third kappa shape index (κ3) is 3.50. The second-order valence-electron chi connectivity index (χ2n) is 8.57. The molecule has 2 amide bonds. The number of hydrogen-bond acceptors (Lipinski definition) is 6. The third-order valence-corrected chi connectivity index (χ3v) is 7.74. The molecule has 3 aliphatic rings. The van der Waals surface area contributed by atoms with Crippen LogP contribution in [0.2, 0.25) is 0 Å². The molecular formula is C20H27N7O3S. The molecule has 2 aromatic rings. The normalized spacial score (nSPS) is 23.3. The number of carbonyl (C=O) groups excluding carboxylic acids is 1. The van der Waals surface area contributed by atoms with E-state index in [0.717, 1.165) is 60.3 Å². The molecule has 31 heavy (non-hydrogen) atoms. The molecule has 5 rings (SSSR count). The molecular weight excluding hydrogens is 418 g/mol. The van der Waals surface area contributed by atoms with Crippen LogP contribution in [0.25, 0.3) is 0 Å². The van der Waals surface area contributed by atoms with Crippen LogP contribution in [0.1, 0.15) is 48.2 Å². The molecule has 0 saturated carbocycles. The molecule has 0 aromatic carbocycles. The van der Waals surface area contributed by atoms with Gasteiger partial charge in [0, 0.05) is 23.9 Å². The number of pyridine rings is 1. The highest BCUT2D eigenvalue weighted by Crippen LogP contribution is 2.41. The summed E-state index contributed by atoms with van der Waals surface area (Å²) >= 11 is 0. The van der Waals surface area contributed by atoms with E-state index >= 15 is 0 Å². The number of urea groups is 1. The number of aryl methyl sites for hydroxylation is 1. The Hall–Kier alpha value is -2.50. The lowest BCUT2D eigenvalue weighted by Crippen LogP contribution is -2.32. The number of aromatic nitrogens is 3. The predicted octanol–water partition coefficient (Wildman–Crippen LogP) is 1.72. The van der Waals surface area contributed by atoms with Crippen molar-refractivity contribution in [2.24, 2.45) is 21.2 Å². The SMILES string of the molecule is CC1CCc2c1nc1c(c2NC(=O)N=S(N)(=O)c2cnn3c2OCC(CN)C3)CCC1. The van der Waals surface area contributed by atoms with E-state index in [1.807, 2.05) is 0 Å². The number of rotatable bonds is 3. The molecule has 0 fully saturated rings. The maximum absolute atomic E-state index is 13.2. The van der Waals surface area contributed by atoms with Gasteiger partial charge in [0.2, 0.25) is 5.88 Å². The van der Waals surface area contributed by atoms with Crippen molar-refractivity contribution in [1.82, 2.24) is 14.8 Å². The highest BCUT2D eigenvalue weighted by Gasteiger charge is 2.31. The van der Waals surface area contributed by atoms with Crippen LogP contribution in [0.5, 0.6) is 5.88 Å². The third-order valence-electron chi connectivity index (χ3n) is 6.40. The maximum atomic E-state index is 13.2. The van der Waals surface area contributed by atoms with Gasteiger partial charge in [0.05, 0.1) is 25.0 Å². The summed E-state index contributed by atoms with van der Waals surface area (Å²) in [5.74, 6) is 0.765. The quantitative estimate of drug-likeness (QED) is 0.654. The first-order chi connectivity index (χ1) is 14.9. The molecule has 0 bridgehead atoms. The molecule has 2 aliphatic carbocycles. The molecule has 0 saturated heterocycles. The first-order valence-electron chi connectivity index (χ1n) is 10.7. The van der Waals surface area contributed by atoms with Crippen LogP contribution >= 0.6 is 0 Å². The fourth-order valence-electron chi connectivity index (χ4n) is 4.72. The Morgan fingerprint density at radius 1 is 1.39 bits per heavy atom. The van der Waals surface area contributed by atoms with Gasteiger partial charge in [0.25, 0.3) is 0 Å². The van der Waals surface area contributed by atoms with Crippen molar-refractivity contribution in [2.45, 2.75) is 56.4 Å². The molecule has 3 unspecified atom stereocenters. The average Bonchev–Trinajstić information content (AvgIpc) is 3.45. The number of amides is 2. The summed E-state index contributed by atoms with van der Waals surface area (Å²) in [7, 11) is -3.53. The van der Waals surface area contributed by atoms with E-state index in [1.54, 1.807) is 4.68 Å². The molecule has 0 radical (unpaired) electrons. The van der Waals surface area contributed by atoms with Crippen molar-refractivity contribution in [3.8, 4) is 5.88 Å². The molecule has 10 nitrogen and oxygen atoms in total. The molecule has 3 atom stereocenters. The number of nitrogens with two attached hydrogens (primary N) is 2. The number of ether oxygens (including phenoxy) is 1. The van der Waals surface area contributed by atoms with Gasteiger partial charge in [-0.25, -0.2) is 18.8 Å². The summed E-state index contributed by atoms with van der Waals surface area (Å²) in [6.45, 7) is 3.53. The van der Waals surface area contributed by atoms with E-state index in [1.165, 1.54) is 6.20 Å². The molecule has 0 spiro atoms. The van der Waals surface area contributed by atoms with Gasteiger partial charge >= 0.3 is 6.03 Å². The lowest BCUT2D eigenvalue weighted by Gasteiger charge is -2.23. The lowest BCUT2D eigenvalue weighted by molar-refractivity contribution is 0.164. The Balaban J connectivity index is 1.46. The highest BCUT2D eigenvalue weighted by atomic mass is 32.2. The Morgan fingerprint density at radius 3 is 3.03 bits per heavy atom. The Labute approximate surface area is 181 Å². The molecule has 5 N–H and O–H groups in total. The fraction of sp³-hybridized carbons (Fsp3) is 0.550. The van der Waals surface area contributed by atoms with Gasteiger partial charge < -0.3 is 15.8 Å². The summed E-state index contributed by atoms with van der Waals surface area (Å²) in [6.07, 6.45) is 6.01. The van der Waals surface area contributed by atoms with Gasteiger partial charge in [-0.2, -0.15) is 5.10 Å². The van der Waals surface area contributed by atoms with Crippen molar-refractivity contribution >= 4 is 21.6 Å². The highest BCUT2D eigenvalue weighted by molar-refractivity contribution is 7.91. The van der Waals surface area contributed by atoms with Crippen LogP contribution in [0.4, 0.5) is 10.5 Å². The van der Waals surface area contributed by atoms with Crippen molar-refractivity contribution in [1.29, 1.82) is 0 Å². The zero-order valence-electron chi connectivity index (χ0n) is 17.5. The summed E-state index contributed by atoms with van der Waals surface area (Å²) in [5.41, 5.74) is 10.7. The first-order valence-corrected chi connectivity index (χ1v) is 12.2. The molecule has 11 heteroatoms. The number of nitrogens with zero attached hydrogens (tertiary/aromatic N) is 4. The molecule has 166 valence electrons. The Kier molecular flexibility index (Phi) is 4.98. The summed E-state index contributed by atoms with van der Waals surface area (Å²) in [6, 6.07) is -0.731. The monoisotopic (exact) mass is 445 g/mol. The Bertz CT molecular complexity index is 1180. The standard InChI is InChI=1S/C20H27N7O3S/c1-11-5-6-14-17(11)24-15-4-2-3-13(15)18(14)25-20(28)26-31(22,29)16-8-23-27-9-12(7-21)10-30-19(16)27/h8,11-12H,2-7,9-10,21H2,1H3,(H3,22,24,25,26,28,29). The van der Waals surface area contributed by atoms with Gasteiger partial charge in [-0.05, 0) is 49.1 Å². The minimum atomic E-state index is -3.53. The number of nitrogens with one attached hydrogen (secondary N) is 1. The minimum absolute atomic E-state index is 0.118. The Morgan fingerprint density at radius 2 is 2.23 bits per heavy atom. The number of anilines is 1. The number of carbonyl (C=O) groups is 1. The minimum Gasteiger partial charge on any atom is -0.476 e. The van der Waals surface area contributed by atoms with Crippen LogP contribution in [-0.4, -0.2) is 38.2 Å². The van der Waals surface area contributed by atoms with Crippen LogP contribution < -0.4 is 20.9 Å². The van der Waals surface area contributed by atoms with E-state index < -0.39 is 15.9 Å². The second kappa shape index (κ2) is 7.57. The summed E-state index contributed by atoms with van der Waals surface area (Å²) < 4.78 is 24.3. The zero-order valence-corrected chi connectivity index (χ0v) is 18.3. The molecule has 2 aromatic heterocycles. The fourth-order valence-corrected chi connectivity index (χ4v) is 5.73. The predicted molar refractivity (Wildman–Crippen MR) is 115 cm³/mol. The van der Waals surface area contributed by atoms with Crippen molar-refractivity contribution in [3.63, 3.8) is 0 Å². The van der Waals surface area contributed by atoms with Gasteiger partial charge in [0.15, 0.2) is 9.92 Å². The first kappa shape index (κ1) is 20.4. The van der Waals surface area contributed by atoms with E-state index in [2.05, 4.69) is 21.7 Å². The number of hydrogen-bond donors (Lipinski definition) is 3. The summed E-state index contributed by atoms with van der Waals surface area (Å²) in [5, 5.41) is 13.1. The van der Waals surface area contributed by atoms with Gasteiger partial charge in [-0.1, -0.05) is 6.92 Å². The van der Waals surface area contributed by atoms with Crippen LogP contribution in [0.3, 0.4) is 0 Å². The topological polar surface area (TPSA) is 151 Å². The van der Waals surface area contributed by atoms with E-state index in [4.69, 9.17) is 20.6 Å². The van der Waals surface area contributed by atoms with E-state index in [-0.39, 0.29) is 16.7 Å². The smallest absolute Gasteiger partial charge is 0.354 e. The van der Waals surface area contributed by atoms with Gasteiger partial charge in [-0.3, -0.25) is 4.98 Å². The lowest BCUT2D eigenvalue weighted by atomic mass is 10.0. The number of fused-ring (bicyclic) bond motifs is 3. The van der Waals surface area contributed by atoms with Crippen LogP contribution in [0.15, 0.2) is 15.5 Å². The van der Waals surface area contributed by atoms with Crippen molar-refractivity contribution in [2.75, 3.05) is 18.5 Å².